The summed E-state index contributed by atoms with van der Waals surface area (Å²) >= 11 is 0. The van der Waals surface area contributed by atoms with Gasteiger partial charge in [-0.1, -0.05) is 6.07 Å². The van der Waals surface area contributed by atoms with Crippen molar-refractivity contribution in [3.8, 4) is 0 Å². The molecular formula is C19H18FN3O3. The van der Waals surface area contributed by atoms with E-state index >= 15 is 0 Å². The Balaban J connectivity index is 1.78. The zero-order chi connectivity index (χ0) is 18.3. The van der Waals surface area contributed by atoms with Gasteiger partial charge in [0, 0.05) is 25.5 Å². The minimum Gasteiger partial charge on any atom is -0.448 e. The number of aliphatic hydroxyl groups excluding tert-OH is 1. The number of pyridine rings is 1. The maximum atomic E-state index is 14.3. The lowest BCUT2D eigenvalue weighted by Crippen LogP contribution is -2.29. The first-order valence-corrected chi connectivity index (χ1v) is 8.40. The SMILES string of the molecule is Cc1ccc(Nc2c(C(=O)N3CCC(O)C3)oc3ccncc23)c(F)c1. The summed E-state index contributed by atoms with van der Waals surface area (Å²) in [5.41, 5.74) is 1.91. The number of halogens is 1. The predicted octanol–water partition coefficient (Wildman–Crippen LogP) is 3.23. The highest BCUT2D eigenvalue weighted by atomic mass is 19.1. The Hall–Kier alpha value is -2.93. The fraction of sp³-hybridized carbons (Fsp3) is 0.263. The summed E-state index contributed by atoms with van der Waals surface area (Å²) in [4.78, 5) is 18.5. The molecule has 0 spiro atoms. The molecular weight excluding hydrogens is 337 g/mol. The fourth-order valence-electron chi connectivity index (χ4n) is 3.14. The molecule has 1 amide bonds. The van der Waals surface area contributed by atoms with Gasteiger partial charge in [0.25, 0.3) is 5.91 Å². The van der Waals surface area contributed by atoms with Gasteiger partial charge in [0.15, 0.2) is 0 Å². The van der Waals surface area contributed by atoms with E-state index in [1.807, 2.05) is 0 Å². The summed E-state index contributed by atoms with van der Waals surface area (Å²) < 4.78 is 20.0. The third kappa shape index (κ3) is 2.90. The molecule has 7 heteroatoms. The van der Waals surface area contributed by atoms with Crippen LogP contribution in [0.15, 0.2) is 41.1 Å². The van der Waals surface area contributed by atoms with Gasteiger partial charge in [-0.25, -0.2) is 4.39 Å². The Bertz CT molecular complexity index is 985. The van der Waals surface area contributed by atoms with E-state index < -0.39 is 11.9 Å². The normalized spacial score (nSPS) is 17.0. The molecule has 6 nitrogen and oxygen atoms in total. The number of hydrogen-bond acceptors (Lipinski definition) is 5. The molecule has 1 aliphatic rings. The molecule has 4 rings (SSSR count). The second kappa shape index (κ2) is 6.42. The minimum atomic E-state index is -0.532. The first-order valence-electron chi connectivity index (χ1n) is 8.40. The predicted molar refractivity (Wildman–Crippen MR) is 95.0 cm³/mol. The number of likely N-dealkylation sites (tertiary alicyclic amines) is 1. The largest absolute Gasteiger partial charge is 0.448 e. The Morgan fingerprint density at radius 1 is 1.42 bits per heavy atom. The highest BCUT2D eigenvalue weighted by Crippen LogP contribution is 2.34. The van der Waals surface area contributed by atoms with Gasteiger partial charge in [0.05, 0.1) is 17.2 Å². The number of nitrogens with zero attached hydrogens (tertiary/aromatic N) is 2. The third-order valence-corrected chi connectivity index (χ3v) is 4.52. The maximum absolute atomic E-state index is 14.3. The molecule has 3 aromatic rings. The lowest BCUT2D eigenvalue weighted by Gasteiger charge is -2.15. The van der Waals surface area contributed by atoms with Crippen molar-refractivity contribution in [2.75, 3.05) is 18.4 Å². The number of fused-ring (bicyclic) bond motifs is 1. The molecule has 2 N–H and O–H groups in total. The fourth-order valence-corrected chi connectivity index (χ4v) is 3.14. The van der Waals surface area contributed by atoms with Crippen molar-refractivity contribution >= 4 is 28.3 Å². The van der Waals surface area contributed by atoms with Crippen LogP contribution in [0, 0.1) is 12.7 Å². The number of nitrogens with one attached hydrogen (secondary N) is 1. The number of β-amino-alcohol motifs (C(OH)–C–C–N with tert-alkyl or cyclic N) is 1. The molecule has 134 valence electrons. The van der Waals surface area contributed by atoms with Crippen LogP contribution in [0.5, 0.6) is 0 Å². The van der Waals surface area contributed by atoms with Gasteiger partial charge in [-0.05, 0) is 37.1 Å². The van der Waals surface area contributed by atoms with Gasteiger partial charge in [-0.3, -0.25) is 9.78 Å². The number of aliphatic hydroxyl groups is 1. The summed E-state index contributed by atoms with van der Waals surface area (Å²) in [6, 6.07) is 6.47. The van der Waals surface area contributed by atoms with Gasteiger partial charge in [0.2, 0.25) is 5.76 Å². The van der Waals surface area contributed by atoms with Crippen molar-refractivity contribution in [2.24, 2.45) is 0 Å². The molecule has 1 atom stereocenters. The van der Waals surface area contributed by atoms with E-state index in [9.17, 15) is 14.3 Å². The summed E-state index contributed by atoms with van der Waals surface area (Å²) in [6.07, 6.45) is 3.14. The minimum absolute atomic E-state index is 0.0853. The summed E-state index contributed by atoms with van der Waals surface area (Å²) in [6.45, 7) is 2.51. The lowest BCUT2D eigenvalue weighted by molar-refractivity contribution is 0.0737. The van der Waals surface area contributed by atoms with Crippen LogP contribution in [0.1, 0.15) is 22.5 Å². The number of carbonyl (C=O) groups is 1. The molecule has 0 bridgehead atoms. The number of benzene rings is 1. The second-order valence-corrected chi connectivity index (χ2v) is 6.48. The highest BCUT2D eigenvalue weighted by molar-refractivity contribution is 6.07. The molecule has 1 fully saturated rings. The molecule has 26 heavy (non-hydrogen) atoms. The molecule has 3 heterocycles. The van der Waals surface area contributed by atoms with Crippen LogP contribution in [-0.4, -0.2) is 40.1 Å². The second-order valence-electron chi connectivity index (χ2n) is 6.48. The summed E-state index contributed by atoms with van der Waals surface area (Å²) in [7, 11) is 0. The molecule has 0 aliphatic carbocycles. The average molecular weight is 355 g/mol. The average Bonchev–Trinajstić information content (AvgIpc) is 3.21. The van der Waals surface area contributed by atoms with Crippen LogP contribution in [0.4, 0.5) is 15.8 Å². The molecule has 0 radical (unpaired) electrons. The molecule has 2 aromatic heterocycles. The van der Waals surface area contributed by atoms with Crippen molar-refractivity contribution in [1.82, 2.24) is 9.88 Å². The molecule has 1 unspecified atom stereocenters. The first kappa shape index (κ1) is 16.5. The van der Waals surface area contributed by atoms with Gasteiger partial charge >= 0.3 is 0 Å². The lowest BCUT2D eigenvalue weighted by atomic mass is 10.2. The van der Waals surface area contributed by atoms with Crippen LogP contribution >= 0.6 is 0 Å². The monoisotopic (exact) mass is 355 g/mol. The zero-order valence-electron chi connectivity index (χ0n) is 14.2. The van der Waals surface area contributed by atoms with Crippen LogP contribution in [0.25, 0.3) is 11.0 Å². The third-order valence-electron chi connectivity index (χ3n) is 4.52. The number of hydrogen-bond donors (Lipinski definition) is 2. The Morgan fingerprint density at radius 3 is 3.00 bits per heavy atom. The van der Waals surface area contributed by atoms with E-state index in [4.69, 9.17) is 4.42 Å². The summed E-state index contributed by atoms with van der Waals surface area (Å²) in [5, 5.41) is 13.3. The Morgan fingerprint density at radius 2 is 2.27 bits per heavy atom. The van der Waals surface area contributed by atoms with E-state index in [0.717, 1.165) is 5.56 Å². The molecule has 0 saturated carbocycles. The number of carbonyl (C=O) groups excluding carboxylic acids is 1. The van der Waals surface area contributed by atoms with E-state index in [0.29, 0.717) is 29.6 Å². The maximum Gasteiger partial charge on any atom is 0.291 e. The topological polar surface area (TPSA) is 78.6 Å². The van der Waals surface area contributed by atoms with Crippen molar-refractivity contribution in [3.05, 3.63) is 53.8 Å². The van der Waals surface area contributed by atoms with Gasteiger partial charge in [-0.2, -0.15) is 0 Å². The Kier molecular flexibility index (Phi) is 4.08. The number of amides is 1. The van der Waals surface area contributed by atoms with E-state index in [-0.39, 0.29) is 23.9 Å². The molecule has 1 saturated heterocycles. The van der Waals surface area contributed by atoms with Crippen molar-refractivity contribution < 1.29 is 18.7 Å². The smallest absolute Gasteiger partial charge is 0.291 e. The zero-order valence-corrected chi connectivity index (χ0v) is 14.2. The van der Waals surface area contributed by atoms with Crippen molar-refractivity contribution in [3.63, 3.8) is 0 Å². The summed E-state index contributed by atoms with van der Waals surface area (Å²) in [5.74, 6) is -0.673. The van der Waals surface area contributed by atoms with Crippen molar-refractivity contribution in [2.45, 2.75) is 19.4 Å². The number of furan rings is 1. The standard InChI is InChI=1S/C19H18FN3O3/c1-11-2-3-15(14(20)8-11)22-17-13-9-21-6-4-16(13)26-18(17)19(25)23-7-5-12(24)10-23/h2-4,6,8-9,12,22,24H,5,7,10H2,1H3. The number of anilines is 2. The Labute approximate surface area is 149 Å². The van der Waals surface area contributed by atoms with E-state index in [1.165, 1.54) is 11.0 Å². The van der Waals surface area contributed by atoms with Crippen LogP contribution in [0.2, 0.25) is 0 Å². The molecule has 1 aromatic carbocycles. The number of aryl methyl sites for hydroxylation is 1. The quantitative estimate of drug-likeness (QED) is 0.754. The van der Waals surface area contributed by atoms with Gasteiger partial charge < -0.3 is 19.7 Å². The first-order chi connectivity index (χ1) is 12.5. The van der Waals surface area contributed by atoms with Gasteiger partial charge in [-0.15, -0.1) is 0 Å². The van der Waals surface area contributed by atoms with Gasteiger partial charge in [0.1, 0.15) is 17.1 Å². The highest BCUT2D eigenvalue weighted by Gasteiger charge is 2.30. The number of aromatic nitrogens is 1. The van der Waals surface area contributed by atoms with Crippen LogP contribution in [-0.2, 0) is 0 Å². The molecule has 1 aliphatic heterocycles. The number of rotatable bonds is 3. The van der Waals surface area contributed by atoms with E-state index in [2.05, 4.69) is 10.3 Å². The van der Waals surface area contributed by atoms with E-state index in [1.54, 1.807) is 37.5 Å². The van der Waals surface area contributed by atoms with Crippen LogP contribution in [0.3, 0.4) is 0 Å². The van der Waals surface area contributed by atoms with Crippen LogP contribution < -0.4 is 5.32 Å². The van der Waals surface area contributed by atoms with Crippen molar-refractivity contribution in [1.29, 1.82) is 0 Å².